The summed E-state index contributed by atoms with van der Waals surface area (Å²) in [4.78, 5) is 0. The Balaban J connectivity index is 2.58. The second-order valence-electron chi connectivity index (χ2n) is 3.63. The highest BCUT2D eigenvalue weighted by molar-refractivity contribution is 5.05. The monoisotopic (exact) mass is 155 g/mol. The van der Waals surface area contributed by atoms with Gasteiger partial charge in [-0.2, -0.15) is 0 Å². The van der Waals surface area contributed by atoms with Crippen molar-refractivity contribution in [2.24, 2.45) is 5.73 Å². The van der Waals surface area contributed by atoms with Gasteiger partial charge in [0.1, 0.15) is 0 Å². The minimum atomic E-state index is -0.147. The molecule has 2 unspecified atom stereocenters. The minimum Gasteiger partial charge on any atom is -0.377 e. The fourth-order valence-corrected chi connectivity index (χ4v) is 1.59. The molecule has 0 aromatic heterocycles. The van der Waals surface area contributed by atoms with Gasteiger partial charge in [0, 0.05) is 12.1 Å². The molecular weight excluding hydrogens is 138 g/mol. The first kappa shape index (κ1) is 8.75. The molecular formula is C9H17NO. The van der Waals surface area contributed by atoms with Crippen molar-refractivity contribution >= 4 is 0 Å². The summed E-state index contributed by atoms with van der Waals surface area (Å²) in [6, 6.07) is 0. The molecule has 1 aliphatic rings. The van der Waals surface area contributed by atoms with Crippen LogP contribution in [0.25, 0.3) is 0 Å². The van der Waals surface area contributed by atoms with E-state index in [1.807, 2.05) is 13.8 Å². The lowest BCUT2D eigenvalue weighted by Gasteiger charge is -2.27. The third-order valence-electron chi connectivity index (χ3n) is 2.38. The predicted molar refractivity (Wildman–Crippen MR) is 46.4 cm³/mol. The number of nitrogens with two attached hydrogens (primary N) is 1. The molecule has 0 saturated carbocycles. The summed E-state index contributed by atoms with van der Waals surface area (Å²) in [7, 11) is 0. The van der Waals surface area contributed by atoms with E-state index in [1.165, 1.54) is 0 Å². The molecule has 0 aliphatic carbocycles. The van der Waals surface area contributed by atoms with Crippen LogP contribution in [0.3, 0.4) is 0 Å². The van der Waals surface area contributed by atoms with E-state index >= 15 is 0 Å². The quantitative estimate of drug-likeness (QED) is 0.613. The highest BCUT2D eigenvalue weighted by Gasteiger charge is 2.37. The molecule has 1 aliphatic heterocycles. The van der Waals surface area contributed by atoms with Gasteiger partial charge >= 0.3 is 0 Å². The number of rotatable bonds is 2. The lowest BCUT2D eigenvalue weighted by atomic mass is 9.87. The zero-order valence-corrected chi connectivity index (χ0v) is 7.39. The Hall–Kier alpha value is -0.340. The van der Waals surface area contributed by atoms with Gasteiger partial charge < -0.3 is 10.5 Å². The molecule has 1 fully saturated rings. The molecule has 2 heteroatoms. The van der Waals surface area contributed by atoms with Crippen molar-refractivity contribution in [3.05, 3.63) is 12.2 Å². The van der Waals surface area contributed by atoms with Crippen LogP contribution >= 0.6 is 0 Å². The summed E-state index contributed by atoms with van der Waals surface area (Å²) in [5, 5.41) is 0. The average molecular weight is 155 g/mol. The summed E-state index contributed by atoms with van der Waals surface area (Å²) in [5.74, 6) is 0. The first-order valence-corrected chi connectivity index (χ1v) is 4.09. The molecule has 2 atom stereocenters. The smallest absolute Gasteiger partial charge is 0.0730 e. The number of ether oxygens (including phenoxy) is 1. The maximum atomic E-state index is 6.12. The van der Waals surface area contributed by atoms with Crippen LogP contribution in [0.15, 0.2) is 12.2 Å². The van der Waals surface area contributed by atoms with Crippen LogP contribution in [0.1, 0.15) is 26.7 Å². The first-order chi connectivity index (χ1) is 5.04. The van der Waals surface area contributed by atoms with Crippen molar-refractivity contribution in [3.63, 3.8) is 0 Å². The molecule has 0 aromatic carbocycles. The predicted octanol–water partition coefficient (Wildman–Crippen LogP) is 1.46. The van der Waals surface area contributed by atoms with E-state index in [1.54, 1.807) is 0 Å². The third-order valence-corrected chi connectivity index (χ3v) is 2.38. The van der Waals surface area contributed by atoms with E-state index in [-0.39, 0.29) is 11.6 Å². The van der Waals surface area contributed by atoms with Crippen molar-refractivity contribution in [2.75, 3.05) is 6.61 Å². The largest absolute Gasteiger partial charge is 0.377 e. The molecule has 0 spiro atoms. The minimum absolute atomic E-state index is 0.147. The molecule has 0 amide bonds. The Bertz CT molecular complexity index is 167. The van der Waals surface area contributed by atoms with Gasteiger partial charge in [-0.25, -0.2) is 0 Å². The Morgan fingerprint density at radius 3 is 2.82 bits per heavy atom. The second-order valence-corrected chi connectivity index (χ2v) is 3.63. The molecule has 1 heterocycles. The fourth-order valence-electron chi connectivity index (χ4n) is 1.59. The van der Waals surface area contributed by atoms with Crippen LogP contribution in [0.4, 0.5) is 0 Å². The lowest BCUT2D eigenvalue weighted by Crippen LogP contribution is -2.46. The summed E-state index contributed by atoms with van der Waals surface area (Å²) in [6.45, 7) is 8.71. The Labute approximate surface area is 68.4 Å². The molecule has 2 nitrogen and oxygen atoms in total. The zero-order chi connectivity index (χ0) is 8.48. The normalized spacial score (nSPS) is 37.5. The van der Waals surface area contributed by atoms with E-state index in [0.29, 0.717) is 0 Å². The lowest BCUT2D eigenvalue weighted by molar-refractivity contribution is 0.0955. The Morgan fingerprint density at radius 1 is 1.82 bits per heavy atom. The zero-order valence-electron chi connectivity index (χ0n) is 7.39. The summed E-state index contributed by atoms with van der Waals surface area (Å²) in [6.07, 6.45) is 2.02. The van der Waals surface area contributed by atoms with E-state index in [9.17, 15) is 0 Å². The van der Waals surface area contributed by atoms with Gasteiger partial charge in [0.15, 0.2) is 0 Å². The average Bonchev–Trinajstić information content (AvgIpc) is 2.11. The van der Waals surface area contributed by atoms with Crippen molar-refractivity contribution in [1.29, 1.82) is 0 Å². The SMILES string of the molecule is C=C(C)CC1(N)CCOC1C. The molecule has 0 bridgehead atoms. The van der Waals surface area contributed by atoms with Gasteiger partial charge in [0.25, 0.3) is 0 Å². The van der Waals surface area contributed by atoms with E-state index < -0.39 is 0 Å². The van der Waals surface area contributed by atoms with Gasteiger partial charge in [-0.15, -0.1) is 6.58 Å². The van der Waals surface area contributed by atoms with Crippen LogP contribution in [-0.4, -0.2) is 18.2 Å². The Morgan fingerprint density at radius 2 is 2.45 bits per heavy atom. The number of hydrogen-bond donors (Lipinski definition) is 1. The highest BCUT2D eigenvalue weighted by atomic mass is 16.5. The van der Waals surface area contributed by atoms with Crippen molar-refractivity contribution in [3.8, 4) is 0 Å². The summed E-state index contributed by atoms with van der Waals surface area (Å²) >= 11 is 0. The van der Waals surface area contributed by atoms with E-state index in [0.717, 1.165) is 25.0 Å². The van der Waals surface area contributed by atoms with Gasteiger partial charge in [-0.05, 0) is 26.7 Å². The van der Waals surface area contributed by atoms with E-state index in [2.05, 4.69) is 6.58 Å². The maximum Gasteiger partial charge on any atom is 0.0730 e. The molecule has 64 valence electrons. The van der Waals surface area contributed by atoms with E-state index in [4.69, 9.17) is 10.5 Å². The maximum absolute atomic E-state index is 6.12. The van der Waals surface area contributed by atoms with Crippen LogP contribution in [0, 0.1) is 0 Å². The summed E-state index contributed by atoms with van der Waals surface area (Å²) in [5.41, 5.74) is 7.11. The molecule has 2 N–H and O–H groups in total. The van der Waals surface area contributed by atoms with Crippen molar-refractivity contribution < 1.29 is 4.74 Å². The molecule has 0 radical (unpaired) electrons. The van der Waals surface area contributed by atoms with Gasteiger partial charge in [0.05, 0.1) is 6.10 Å². The van der Waals surface area contributed by atoms with Gasteiger partial charge in [-0.1, -0.05) is 5.57 Å². The molecule has 11 heavy (non-hydrogen) atoms. The third kappa shape index (κ3) is 1.82. The van der Waals surface area contributed by atoms with Crippen LogP contribution in [0.5, 0.6) is 0 Å². The van der Waals surface area contributed by atoms with Gasteiger partial charge in [0.2, 0.25) is 0 Å². The Kier molecular flexibility index (Phi) is 2.35. The molecule has 1 saturated heterocycles. The standard InChI is InChI=1S/C9H17NO/c1-7(2)6-9(10)4-5-11-8(9)3/h8H,1,4-6,10H2,2-3H3. The van der Waals surface area contributed by atoms with Gasteiger partial charge in [-0.3, -0.25) is 0 Å². The fraction of sp³-hybridized carbons (Fsp3) is 0.778. The first-order valence-electron chi connectivity index (χ1n) is 4.09. The van der Waals surface area contributed by atoms with Crippen LogP contribution < -0.4 is 5.73 Å². The molecule has 1 rings (SSSR count). The topological polar surface area (TPSA) is 35.2 Å². The van der Waals surface area contributed by atoms with Crippen LogP contribution in [0.2, 0.25) is 0 Å². The number of hydrogen-bond acceptors (Lipinski definition) is 2. The van der Waals surface area contributed by atoms with Crippen molar-refractivity contribution in [2.45, 2.75) is 38.3 Å². The second kappa shape index (κ2) is 2.95. The van der Waals surface area contributed by atoms with Crippen LogP contribution in [-0.2, 0) is 4.74 Å². The van der Waals surface area contributed by atoms with Crippen molar-refractivity contribution in [1.82, 2.24) is 0 Å². The molecule has 0 aromatic rings. The summed E-state index contributed by atoms with van der Waals surface area (Å²) < 4.78 is 5.40. The highest BCUT2D eigenvalue weighted by Crippen LogP contribution is 2.28.